The highest BCUT2D eigenvalue weighted by Crippen LogP contribution is 2.34. The fraction of sp³-hybridized carbons (Fsp3) is 0.591. The number of oxime groups is 1. The lowest BCUT2D eigenvalue weighted by Crippen LogP contribution is -2.49. The van der Waals surface area contributed by atoms with Crippen LogP contribution in [0.15, 0.2) is 29.6 Å². The highest BCUT2D eigenvalue weighted by atomic mass is 19.4. The fourth-order valence-electron chi connectivity index (χ4n) is 3.34. The molecule has 2 aliphatic rings. The van der Waals surface area contributed by atoms with Gasteiger partial charge < -0.3 is 20.0 Å². The lowest BCUT2D eigenvalue weighted by molar-refractivity contribution is -0.193. The highest BCUT2D eigenvalue weighted by Gasteiger charge is 2.45. The van der Waals surface area contributed by atoms with Gasteiger partial charge >= 0.3 is 24.3 Å². The maximum Gasteiger partial charge on any atom is 0.490 e. The van der Waals surface area contributed by atoms with E-state index in [-0.39, 0.29) is 17.6 Å². The van der Waals surface area contributed by atoms with E-state index in [4.69, 9.17) is 24.6 Å². The summed E-state index contributed by atoms with van der Waals surface area (Å²) < 4.78 is 63.5. The second-order valence-corrected chi connectivity index (χ2v) is 8.74. The average Bonchev–Trinajstić information content (AvgIpc) is 3.21. The molecule has 1 unspecified atom stereocenters. The molecule has 2 aliphatic heterocycles. The Morgan fingerprint density at radius 3 is 2.11 bits per heavy atom. The van der Waals surface area contributed by atoms with Crippen LogP contribution in [0.5, 0.6) is 0 Å². The molecule has 214 valence electrons. The topological polar surface area (TPSA) is 133 Å². The number of halogens is 6. The first-order chi connectivity index (χ1) is 17.4. The van der Waals surface area contributed by atoms with Crippen molar-refractivity contribution in [3.05, 3.63) is 30.1 Å². The number of likely N-dealkylation sites (tertiary alicyclic amines) is 1. The van der Waals surface area contributed by atoms with E-state index in [9.17, 15) is 31.1 Å². The minimum atomic E-state index is -5.08. The van der Waals surface area contributed by atoms with Gasteiger partial charge in [0.15, 0.2) is 5.60 Å². The van der Waals surface area contributed by atoms with Crippen molar-refractivity contribution in [3.8, 4) is 0 Å². The Bertz CT molecular complexity index is 963. The van der Waals surface area contributed by atoms with E-state index in [0.717, 1.165) is 38.2 Å². The highest BCUT2D eigenvalue weighted by molar-refractivity contribution is 6.39. The van der Waals surface area contributed by atoms with E-state index in [1.807, 2.05) is 45.3 Å². The predicted octanol–water partition coefficient (Wildman–Crippen LogP) is 3.33. The molecular weight excluding hydrogens is 530 g/mol. The number of aromatic nitrogens is 1. The van der Waals surface area contributed by atoms with Crippen LogP contribution in [-0.2, 0) is 25.8 Å². The van der Waals surface area contributed by atoms with Gasteiger partial charge in [0.2, 0.25) is 0 Å². The summed E-state index contributed by atoms with van der Waals surface area (Å²) in [6.45, 7) is 6.62. The number of nitrogens with zero attached hydrogens (tertiary/aromatic N) is 4. The smallest absolute Gasteiger partial charge is 0.475 e. The van der Waals surface area contributed by atoms with Crippen LogP contribution in [0.2, 0.25) is 0 Å². The zero-order valence-electron chi connectivity index (χ0n) is 20.7. The Hall–Kier alpha value is -3.43. The van der Waals surface area contributed by atoms with Gasteiger partial charge in [-0.25, -0.2) is 9.59 Å². The van der Waals surface area contributed by atoms with Gasteiger partial charge in [0.05, 0.1) is 5.69 Å². The number of rotatable bonds is 4. The summed E-state index contributed by atoms with van der Waals surface area (Å²) in [6.07, 6.45) is -5.76. The van der Waals surface area contributed by atoms with Crippen LogP contribution in [0.25, 0.3) is 0 Å². The van der Waals surface area contributed by atoms with Gasteiger partial charge in [0, 0.05) is 38.8 Å². The van der Waals surface area contributed by atoms with Gasteiger partial charge in [-0.1, -0.05) is 11.2 Å². The first-order valence-electron chi connectivity index (χ1n) is 11.1. The summed E-state index contributed by atoms with van der Waals surface area (Å²) in [4.78, 5) is 44.5. The first-order valence-corrected chi connectivity index (χ1v) is 11.1. The summed E-state index contributed by atoms with van der Waals surface area (Å²) >= 11 is 0. The largest absolute Gasteiger partial charge is 0.490 e. The molecule has 38 heavy (non-hydrogen) atoms. The van der Waals surface area contributed by atoms with Crippen LogP contribution in [-0.4, -0.2) is 92.7 Å². The summed E-state index contributed by atoms with van der Waals surface area (Å²) in [5.74, 6) is -5.54. The first kappa shape index (κ1) is 32.6. The van der Waals surface area contributed by atoms with Crippen LogP contribution in [0.4, 0.5) is 26.3 Å². The third-order valence-corrected chi connectivity index (χ3v) is 5.40. The SMILES string of the molecule is CC(C)N(C)C(=O)C1=NOC2(CCCN(Cc3ccccn3)C2)C1.O=C(O)C(F)(F)F.O=C(O)C(F)(F)F. The van der Waals surface area contributed by atoms with Gasteiger partial charge in [-0.15, -0.1) is 0 Å². The normalized spacial score (nSPS) is 19.4. The van der Waals surface area contributed by atoms with Crippen LogP contribution in [0.1, 0.15) is 38.8 Å². The quantitative estimate of drug-likeness (QED) is 0.538. The molecule has 16 heteroatoms. The number of piperidine rings is 1. The number of alkyl halides is 6. The van der Waals surface area contributed by atoms with Crippen molar-refractivity contribution in [2.24, 2.45) is 5.16 Å². The Kier molecular flexibility index (Phi) is 11.5. The molecular formula is C22H28F6N4O6. The lowest BCUT2D eigenvalue weighted by atomic mass is 9.88. The van der Waals surface area contributed by atoms with Crippen molar-refractivity contribution in [1.82, 2.24) is 14.8 Å². The number of carbonyl (C=O) groups excluding carboxylic acids is 1. The zero-order chi connectivity index (χ0) is 29.3. The molecule has 0 bridgehead atoms. The van der Waals surface area contributed by atoms with Crippen molar-refractivity contribution in [2.75, 3.05) is 20.1 Å². The van der Waals surface area contributed by atoms with Gasteiger partial charge in [-0.3, -0.25) is 14.7 Å². The predicted molar refractivity (Wildman–Crippen MR) is 120 cm³/mol. The number of aliphatic carboxylic acids is 2. The van der Waals surface area contributed by atoms with Gasteiger partial charge in [-0.05, 0) is 45.4 Å². The molecule has 1 amide bonds. The molecule has 1 fully saturated rings. The summed E-state index contributed by atoms with van der Waals surface area (Å²) in [7, 11) is 1.81. The van der Waals surface area contributed by atoms with Crippen molar-refractivity contribution >= 4 is 23.6 Å². The molecule has 1 atom stereocenters. The molecule has 1 aromatic rings. The number of carboxylic acids is 2. The van der Waals surface area contributed by atoms with Crippen LogP contribution < -0.4 is 0 Å². The fourth-order valence-corrected chi connectivity index (χ4v) is 3.34. The Morgan fingerprint density at radius 2 is 1.66 bits per heavy atom. The number of hydrogen-bond acceptors (Lipinski definition) is 7. The molecule has 0 aromatic carbocycles. The van der Waals surface area contributed by atoms with Gasteiger partial charge in [-0.2, -0.15) is 26.3 Å². The number of carbonyl (C=O) groups is 3. The molecule has 1 saturated heterocycles. The maximum absolute atomic E-state index is 12.5. The van der Waals surface area contributed by atoms with Crippen LogP contribution in [0, 0.1) is 0 Å². The Morgan fingerprint density at radius 1 is 1.11 bits per heavy atom. The van der Waals surface area contributed by atoms with Crippen LogP contribution in [0.3, 0.4) is 0 Å². The van der Waals surface area contributed by atoms with E-state index in [1.54, 1.807) is 4.90 Å². The second kappa shape index (κ2) is 13.4. The molecule has 1 spiro atoms. The van der Waals surface area contributed by atoms with Gasteiger partial charge in [0.1, 0.15) is 5.71 Å². The average molecular weight is 558 g/mol. The molecule has 0 radical (unpaired) electrons. The molecule has 10 nitrogen and oxygen atoms in total. The number of hydrogen-bond donors (Lipinski definition) is 2. The minimum Gasteiger partial charge on any atom is -0.475 e. The Balaban J connectivity index is 0.000000426. The number of carboxylic acid groups (broad SMARTS) is 2. The molecule has 3 heterocycles. The molecule has 2 N–H and O–H groups in total. The zero-order valence-corrected chi connectivity index (χ0v) is 20.7. The van der Waals surface area contributed by atoms with Crippen molar-refractivity contribution in [2.45, 2.75) is 63.7 Å². The summed E-state index contributed by atoms with van der Waals surface area (Å²) in [5.41, 5.74) is 1.26. The summed E-state index contributed by atoms with van der Waals surface area (Å²) in [5, 5.41) is 18.4. The van der Waals surface area contributed by atoms with Crippen molar-refractivity contribution < 1.29 is 55.8 Å². The molecule has 0 saturated carbocycles. The van der Waals surface area contributed by atoms with E-state index < -0.39 is 24.3 Å². The van der Waals surface area contributed by atoms with Gasteiger partial charge in [0.25, 0.3) is 5.91 Å². The standard InChI is InChI=1S/C18H26N4O2.2C2HF3O2/c1-14(2)21(3)17(23)16-11-18(24-20-16)8-6-10-22(13-18)12-15-7-4-5-9-19-15;2*3-2(4,5)1(6)7/h4-5,7,9,14H,6,8,10-13H2,1-3H3;2*(H,6,7). The third-order valence-electron chi connectivity index (χ3n) is 5.40. The van der Waals surface area contributed by atoms with E-state index in [0.29, 0.717) is 12.1 Å². The Labute approximate surface area is 213 Å². The van der Waals surface area contributed by atoms with E-state index >= 15 is 0 Å². The number of amides is 1. The summed E-state index contributed by atoms with van der Waals surface area (Å²) in [6, 6.07) is 6.14. The van der Waals surface area contributed by atoms with Crippen LogP contribution >= 0.6 is 0 Å². The molecule has 3 rings (SSSR count). The molecule has 1 aromatic heterocycles. The van der Waals surface area contributed by atoms with Crippen molar-refractivity contribution in [3.63, 3.8) is 0 Å². The maximum atomic E-state index is 12.5. The third kappa shape index (κ3) is 10.5. The molecule has 0 aliphatic carbocycles. The van der Waals surface area contributed by atoms with E-state index in [2.05, 4.69) is 15.0 Å². The number of pyridine rings is 1. The monoisotopic (exact) mass is 558 g/mol. The minimum absolute atomic E-state index is 0.0243. The van der Waals surface area contributed by atoms with E-state index in [1.165, 1.54) is 0 Å². The lowest BCUT2D eigenvalue weighted by Gasteiger charge is -2.38. The second-order valence-electron chi connectivity index (χ2n) is 8.74. The van der Waals surface area contributed by atoms with Crippen molar-refractivity contribution in [1.29, 1.82) is 0 Å².